The van der Waals surface area contributed by atoms with E-state index in [9.17, 15) is 4.79 Å². The van der Waals surface area contributed by atoms with Crippen LogP contribution < -0.4 is 16.0 Å². The molecule has 0 unspecified atom stereocenters. The highest BCUT2D eigenvalue weighted by molar-refractivity contribution is 14.0. The van der Waals surface area contributed by atoms with Crippen LogP contribution in [0.4, 0.5) is 5.82 Å². The second-order valence-corrected chi connectivity index (χ2v) is 7.66. The van der Waals surface area contributed by atoms with Crippen LogP contribution in [0.15, 0.2) is 29.4 Å². The predicted molar refractivity (Wildman–Crippen MR) is 131 cm³/mol. The van der Waals surface area contributed by atoms with E-state index >= 15 is 0 Å². The minimum atomic E-state index is -0.321. The molecule has 0 aliphatic heterocycles. The molecule has 1 saturated carbocycles. The summed E-state index contributed by atoms with van der Waals surface area (Å²) in [5, 5.41) is 10.0. The molecule has 0 aromatic carbocycles. The summed E-state index contributed by atoms with van der Waals surface area (Å²) in [4.78, 5) is 23.4. The number of nitrogens with one attached hydrogen (secondary N) is 3. The fourth-order valence-electron chi connectivity index (χ4n) is 3.68. The lowest BCUT2D eigenvalue weighted by atomic mass is 9.85. The SMILES string of the molecule is CCNC(=NCC1(C(=O)N(C)C)CCCC1)NCCCCNc1ccccn1.I. The van der Waals surface area contributed by atoms with E-state index in [4.69, 9.17) is 4.99 Å². The van der Waals surface area contributed by atoms with Gasteiger partial charge in [0.15, 0.2) is 5.96 Å². The lowest BCUT2D eigenvalue weighted by Crippen LogP contribution is -2.43. The van der Waals surface area contributed by atoms with Gasteiger partial charge >= 0.3 is 0 Å². The zero-order valence-electron chi connectivity index (χ0n) is 18.0. The van der Waals surface area contributed by atoms with E-state index in [2.05, 4.69) is 27.9 Å². The molecule has 29 heavy (non-hydrogen) atoms. The van der Waals surface area contributed by atoms with Crippen LogP contribution in [-0.2, 0) is 4.79 Å². The summed E-state index contributed by atoms with van der Waals surface area (Å²) in [7, 11) is 3.68. The Morgan fingerprint density at radius 3 is 2.52 bits per heavy atom. The van der Waals surface area contributed by atoms with Crippen molar-refractivity contribution in [1.29, 1.82) is 0 Å². The number of aromatic nitrogens is 1. The summed E-state index contributed by atoms with van der Waals surface area (Å²) >= 11 is 0. The second-order valence-electron chi connectivity index (χ2n) is 7.66. The summed E-state index contributed by atoms with van der Waals surface area (Å²) < 4.78 is 0. The Balaban J connectivity index is 0.00000420. The number of anilines is 1. The quantitative estimate of drug-likeness (QED) is 0.193. The molecular weight excluding hydrogens is 479 g/mol. The van der Waals surface area contributed by atoms with Gasteiger partial charge in [0, 0.05) is 39.9 Å². The number of rotatable bonds is 10. The van der Waals surface area contributed by atoms with Crippen molar-refractivity contribution in [1.82, 2.24) is 20.5 Å². The average molecular weight is 516 g/mol. The van der Waals surface area contributed by atoms with E-state index in [1.807, 2.05) is 32.3 Å². The number of amides is 1. The zero-order chi connectivity index (χ0) is 20.2. The van der Waals surface area contributed by atoms with Crippen LogP contribution >= 0.6 is 24.0 Å². The monoisotopic (exact) mass is 516 g/mol. The number of hydrogen-bond donors (Lipinski definition) is 3. The molecule has 0 spiro atoms. The van der Waals surface area contributed by atoms with Crippen LogP contribution in [0, 0.1) is 5.41 Å². The fraction of sp³-hybridized carbons (Fsp3) is 0.667. The van der Waals surface area contributed by atoms with Crippen molar-refractivity contribution in [3.05, 3.63) is 24.4 Å². The minimum absolute atomic E-state index is 0. The van der Waals surface area contributed by atoms with Crippen molar-refractivity contribution in [2.45, 2.75) is 45.4 Å². The smallest absolute Gasteiger partial charge is 0.230 e. The van der Waals surface area contributed by atoms with Crippen molar-refractivity contribution in [2.75, 3.05) is 45.6 Å². The van der Waals surface area contributed by atoms with Gasteiger partial charge in [0.1, 0.15) is 5.82 Å². The molecule has 7 nitrogen and oxygen atoms in total. The summed E-state index contributed by atoms with van der Waals surface area (Å²) in [6.45, 7) is 5.17. The summed E-state index contributed by atoms with van der Waals surface area (Å²) in [6, 6.07) is 5.87. The van der Waals surface area contributed by atoms with Gasteiger partial charge in [-0.05, 0) is 44.7 Å². The molecule has 3 N–H and O–H groups in total. The summed E-state index contributed by atoms with van der Waals surface area (Å²) in [6.07, 6.45) is 7.97. The zero-order valence-corrected chi connectivity index (χ0v) is 20.4. The molecule has 0 saturated heterocycles. The fourth-order valence-corrected chi connectivity index (χ4v) is 3.68. The van der Waals surface area contributed by atoms with Crippen molar-refractivity contribution >= 4 is 41.7 Å². The van der Waals surface area contributed by atoms with Crippen molar-refractivity contribution in [2.24, 2.45) is 10.4 Å². The Morgan fingerprint density at radius 1 is 1.17 bits per heavy atom. The maximum absolute atomic E-state index is 12.7. The Morgan fingerprint density at radius 2 is 1.90 bits per heavy atom. The molecule has 1 aliphatic carbocycles. The Hall–Kier alpha value is -1.58. The van der Waals surface area contributed by atoms with E-state index in [1.54, 1.807) is 11.1 Å². The number of hydrogen-bond acceptors (Lipinski definition) is 4. The number of carbonyl (C=O) groups is 1. The normalized spacial score (nSPS) is 15.3. The van der Waals surface area contributed by atoms with Gasteiger partial charge in [-0.3, -0.25) is 9.79 Å². The topological polar surface area (TPSA) is 81.7 Å². The van der Waals surface area contributed by atoms with Crippen molar-refractivity contribution in [3.63, 3.8) is 0 Å². The molecule has 1 aliphatic rings. The Bertz CT molecular complexity index is 617. The number of nitrogens with zero attached hydrogens (tertiary/aromatic N) is 3. The van der Waals surface area contributed by atoms with Crippen molar-refractivity contribution in [3.8, 4) is 0 Å². The van der Waals surface area contributed by atoms with E-state index in [0.29, 0.717) is 6.54 Å². The van der Waals surface area contributed by atoms with Gasteiger partial charge < -0.3 is 20.9 Å². The number of unbranched alkanes of at least 4 members (excludes halogenated alkanes) is 1. The van der Waals surface area contributed by atoms with E-state index in [0.717, 1.165) is 69.9 Å². The van der Waals surface area contributed by atoms with Gasteiger partial charge in [-0.15, -0.1) is 24.0 Å². The largest absolute Gasteiger partial charge is 0.370 e. The van der Waals surface area contributed by atoms with Gasteiger partial charge in [0.2, 0.25) is 5.91 Å². The first-order valence-electron chi connectivity index (χ1n) is 10.5. The molecule has 1 aromatic heterocycles. The molecule has 1 aromatic rings. The summed E-state index contributed by atoms with van der Waals surface area (Å²) in [5.74, 6) is 1.93. The van der Waals surface area contributed by atoms with E-state index < -0.39 is 0 Å². The molecule has 1 amide bonds. The highest BCUT2D eigenvalue weighted by Gasteiger charge is 2.41. The van der Waals surface area contributed by atoms with Gasteiger partial charge in [0.05, 0.1) is 12.0 Å². The molecule has 164 valence electrons. The predicted octanol–water partition coefficient (Wildman–Crippen LogP) is 3.10. The highest BCUT2D eigenvalue weighted by atomic mass is 127. The molecule has 8 heteroatoms. The Labute approximate surface area is 192 Å². The first kappa shape index (κ1) is 25.5. The molecule has 0 bridgehead atoms. The van der Waals surface area contributed by atoms with Crippen molar-refractivity contribution < 1.29 is 4.79 Å². The maximum Gasteiger partial charge on any atom is 0.230 e. The maximum atomic E-state index is 12.7. The highest BCUT2D eigenvalue weighted by Crippen LogP contribution is 2.39. The standard InChI is InChI=1S/C21H36N6O.HI/c1-4-22-20(25-16-10-9-15-24-18-11-5-8-14-23-18)26-17-21(12-6-7-13-21)19(28)27(2)3;/h5,8,11,14H,4,6-7,9-10,12-13,15-17H2,1-3H3,(H,23,24)(H2,22,25,26);1H. The van der Waals surface area contributed by atoms with Crippen LogP contribution in [0.2, 0.25) is 0 Å². The Kier molecular flexibility index (Phi) is 11.9. The summed E-state index contributed by atoms with van der Waals surface area (Å²) in [5.41, 5.74) is -0.321. The number of pyridine rings is 1. The second kappa shape index (κ2) is 13.6. The van der Waals surface area contributed by atoms with Gasteiger partial charge in [-0.1, -0.05) is 18.9 Å². The minimum Gasteiger partial charge on any atom is -0.370 e. The number of carbonyl (C=O) groups excluding carboxylic acids is 1. The van der Waals surface area contributed by atoms with Crippen LogP contribution in [0.1, 0.15) is 45.4 Å². The molecule has 0 atom stereocenters. The third-order valence-corrected chi connectivity index (χ3v) is 5.17. The lowest BCUT2D eigenvalue weighted by Gasteiger charge is -2.29. The molecule has 0 radical (unpaired) electrons. The van der Waals surface area contributed by atoms with Gasteiger partial charge in [0.25, 0.3) is 0 Å². The van der Waals surface area contributed by atoms with E-state index in [1.165, 1.54) is 0 Å². The third-order valence-electron chi connectivity index (χ3n) is 5.17. The average Bonchev–Trinajstić information content (AvgIpc) is 3.18. The number of halogens is 1. The van der Waals surface area contributed by atoms with Crippen LogP contribution in [0.25, 0.3) is 0 Å². The first-order valence-corrected chi connectivity index (χ1v) is 10.5. The van der Waals surface area contributed by atoms with Gasteiger partial charge in [-0.2, -0.15) is 0 Å². The number of aliphatic imine (C=N–C) groups is 1. The molecule has 1 heterocycles. The molecular formula is C21H37IN6O. The van der Waals surface area contributed by atoms with Crippen LogP contribution in [-0.4, -0.2) is 62.0 Å². The molecule has 1 fully saturated rings. The van der Waals surface area contributed by atoms with Crippen LogP contribution in [0.3, 0.4) is 0 Å². The van der Waals surface area contributed by atoms with Gasteiger partial charge in [-0.25, -0.2) is 4.98 Å². The molecule has 2 rings (SSSR count). The third kappa shape index (κ3) is 8.36. The van der Waals surface area contributed by atoms with Crippen LogP contribution in [0.5, 0.6) is 0 Å². The first-order chi connectivity index (χ1) is 13.6. The lowest BCUT2D eigenvalue weighted by molar-refractivity contribution is -0.138. The van der Waals surface area contributed by atoms with E-state index in [-0.39, 0.29) is 35.3 Å². The number of guanidine groups is 1.